The van der Waals surface area contributed by atoms with Gasteiger partial charge < -0.3 is 21.1 Å². The molecule has 0 aromatic carbocycles. The molecule has 0 aromatic heterocycles. The molecule has 1 amide bonds. The topological polar surface area (TPSA) is 131 Å². The second-order valence-electron chi connectivity index (χ2n) is 15.2. The standard InChI is InChI=1S/C45H87N2O6P/c1-3-5-7-9-11-13-15-17-19-20-21-22-23-24-25-27-29-31-33-35-37-39-45(49)47-43(42-53-54(50,51)52-41-40-46)44(48)38-36-34-32-30-28-26-18-16-14-12-10-8-6-4-2/h14,16,28,30,36,38,43-44,48H,3-13,15,17-27,29,31-35,37,39-42,46H2,1-2H3,(H,47,49)(H,50,51)/b16-14+,30-28+,38-36+. The number of hydrogen-bond donors (Lipinski definition) is 4. The lowest BCUT2D eigenvalue weighted by Crippen LogP contribution is -2.45. The molecule has 0 heterocycles. The van der Waals surface area contributed by atoms with Gasteiger partial charge in [0.05, 0.1) is 25.4 Å². The molecule has 3 atom stereocenters. The SMILES string of the molecule is CCCCCC/C=C/CC/C=C/CC/C=C/C(O)C(COP(=O)(O)OCCN)NC(=O)CCCCCCCCCCCCCCCCCCCCCCC. The number of amides is 1. The summed E-state index contributed by atoms with van der Waals surface area (Å²) in [6.45, 7) is 4.10. The van der Waals surface area contributed by atoms with Gasteiger partial charge >= 0.3 is 7.82 Å². The highest BCUT2D eigenvalue weighted by Crippen LogP contribution is 2.43. The molecular formula is C45H87N2O6P. The zero-order valence-electron chi connectivity index (χ0n) is 35.2. The van der Waals surface area contributed by atoms with Crippen molar-refractivity contribution in [2.24, 2.45) is 5.73 Å². The predicted molar refractivity (Wildman–Crippen MR) is 231 cm³/mol. The van der Waals surface area contributed by atoms with Gasteiger partial charge in [-0.2, -0.15) is 0 Å². The van der Waals surface area contributed by atoms with E-state index >= 15 is 0 Å². The first-order chi connectivity index (χ1) is 26.4. The number of hydrogen-bond acceptors (Lipinski definition) is 6. The van der Waals surface area contributed by atoms with E-state index in [0.29, 0.717) is 6.42 Å². The van der Waals surface area contributed by atoms with Crippen LogP contribution in [0.15, 0.2) is 36.5 Å². The summed E-state index contributed by atoms with van der Waals surface area (Å²) in [5, 5.41) is 13.6. The smallest absolute Gasteiger partial charge is 0.387 e. The van der Waals surface area contributed by atoms with Crippen LogP contribution in [0.1, 0.15) is 213 Å². The molecule has 0 saturated heterocycles. The van der Waals surface area contributed by atoms with Gasteiger partial charge in [0.15, 0.2) is 0 Å². The van der Waals surface area contributed by atoms with E-state index in [1.807, 2.05) is 6.08 Å². The van der Waals surface area contributed by atoms with Gasteiger partial charge in [-0.25, -0.2) is 4.57 Å². The van der Waals surface area contributed by atoms with E-state index in [4.69, 9.17) is 14.8 Å². The van der Waals surface area contributed by atoms with Crippen LogP contribution in [0.4, 0.5) is 0 Å². The van der Waals surface area contributed by atoms with Crippen LogP contribution in [0, 0.1) is 0 Å². The Morgan fingerprint density at radius 2 is 0.981 bits per heavy atom. The number of phosphoric ester groups is 1. The summed E-state index contributed by atoms with van der Waals surface area (Å²) in [6.07, 6.45) is 49.2. The van der Waals surface area contributed by atoms with Crippen LogP contribution in [0.3, 0.4) is 0 Å². The number of aliphatic hydroxyl groups excluding tert-OH is 1. The fourth-order valence-corrected chi connectivity index (χ4v) is 7.28. The van der Waals surface area contributed by atoms with Gasteiger partial charge in [-0.15, -0.1) is 0 Å². The maximum Gasteiger partial charge on any atom is 0.472 e. The van der Waals surface area contributed by atoms with Gasteiger partial charge in [0.25, 0.3) is 0 Å². The van der Waals surface area contributed by atoms with Crippen LogP contribution < -0.4 is 11.1 Å². The summed E-state index contributed by atoms with van der Waals surface area (Å²) < 4.78 is 22.1. The average molecular weight is 783 g/mol. The molecule has 3 unspecified atom stereocenters. The first kappa shape index (κ1) is 52.7. The lowest BCUT2D eigenvalue weighted by molar-refractivity contribution is -0.123. The minimum absolute atomic E-state index is 0.0726. The van der Waals surface area contributed by atoms with Gasteiger partial charge in [-0.1, -0.05) is 198 Å². The second-order valence-corrected chi connectivity index (χ2v) is 16.7. The summed E-state index contributed by atoms with van der Waals surface area (Å²) in [4.78, 5) is 22.7. The number of allylic oxidation sites excluding steroid dienone is 5. The van der Waals surface area contributed by atoms with Crippen LogP contribution in [0.2, 0.25) is 0 Å². The average Bonchev–Trinajstić information content (AvgIpc) is 3.16. The lowest BCUT2D eigenvalue weighted by atomic mass is 10.0. The number of rotatable bonds is 42. The van der Waals surface area contributed by atoms with Gasteiger partial charge in [0.2, 0.25) is 5.91 Å². The van der Waals surface area contributed by atoms with Crippen LogP contribution in [0.5, 0.6) is 0 Å². The lowest BCUT2D eigenvalue weighted by Gasteiger charge is -2.23. The van der Waals surface area contributed by atoms with Gasteiger partial charge in [-0.3, -0.25) is 13.8 Å². The van der Waals surface area contributed by atoms with E-state index in [-0.39, 0.29) is 25.7 Å². The summed E-state index contributed by atoms with van der Waals surface area (Å²) in [7, 11) is -4.35. The van der Waals surface area contributed by atoms with Crippen LogP contribution in [-0.4, -0.2) is 47.8 Å². The molecule has 54 heavy (non-hydrogen) atoms. The van der Waals surface area contributed by atoms with E-state index in [0.717, 1.165) is 44.9 Å². The Bertz CT molecular complexity index is 943. The van der Waals surface area contributed by atoms with Crippen LogP contribution >= 0.6 is 7.82 Å². The molecule has 0 aliphatic heterocycles. The highest BCUT2D eigenvalue weighted by Gasteiger charge is 2.26. The van der Waals surface area contributed by atoms with Crippen molar-refractivity contribution in [1.82, 2.24) is 5.32 Å². The zero-order valence-corrected chi connectivity index (χ0v) is 36.1. The first-order valence-corrected chi connectivity index (χ1v) is 24.1. The predicted octanol–water partition coefficient (Wildman–Crippen LogP) is 12.7. The monoisotopic (exact) mass is 783 g/mol. The molecule has 5 N–H and O–H groups in total. The number of aliphatic hydroxyl groups is 1. The maximum absolute atomic E-state index is 12.8. The van der Waals surface area contributed by atoms with E-state index in [2.05, 4.69) is 43.5 Å². The molecule has 0 rings (SSSR count). The molecular weight excluding hydrogens is 695 g/mol. The Morgan fingerprint density at radius 1 is 0.593 bits per heavy atom. The van der Waals surface area contributed by atoms with Crippen molar-refractivity contribution in [2.75, 3.05) is 19.8 Å². The van der Waals surface area contributed by atoms with Crippen LogP contribution in [-0.2, 0) is 18.4 Å². The Kier molecular flexibility index (Phi) is 40.4. The quantitative estimate of drug-likeness (QED) is 0.0275. The van der Waals surface area contributed by atoms with Gasteiger partial charge in [0.1, 0.15) is 0 Å². The van der Waals surface area contributed by atoms with Crippen molar-refractivity contribution >= 4 is 13.7 Å². The minimum atomic E-state index is -4.35. The van der Waals surface area contributed by atoms with Crippen molar-refractivity contribution in [3.63, 3.8) is 0 Å². The number of phosphoric acid groups is 1. The van der Waals surface area contributed by atoms with E-state index in [9.17, 15) is 19.4 Å². The molecule has 0 spiro atoms. The minimum Gasteiger partial charge on any atom is -0.387 e. The van der Waals surface area contributed by atoms with Crippen molar-refractivity contribution in [2.45, 2.75) is 225 Å². The normalized spacial score (nSPS) is 14.4. The molecule has 0 bridgehead atoms. The Balaban J connectivity index is 4.16. The first-order valence-electron chi connectivity index (χ1n) is 22.6. The number of nitrogens with one attached hydrogen (secondary N) is 1. The molecule has 9 heteroatoms. The van der Waals surface area contributed by atoms with Gasteiger partial charge in [-0.05, 0) is 44.9 Å². The third kappa shape index (κ3) is 39.0. The number of carbonyl (C=O) groups is 1. The maximum atomic E-state index is 12.8. The van der Waals surface area contributed by atoms with Gasteiger partial charge in [0, 0.05) is 13.0 Å². The number of carbonyl (C=O) groups excluding carboxylic acids is 1. The summed E-state index contributed by atoms with van der Waals surface area (Å²) in [5.41, 5.74) is 5.37. The largest absolute Gasteiger partial charge is 0.472 e. The Labute approximate surface area is 333 Å². The van der Waals surface area contributed by atoms with E-state index < -0.39 is 20.0 Å². The number of unbranched alkanes of at least 4 members (excludes halogenated alkanes) is 26. The molecule has 0 aromatic rings. The van der Waals surface area contributed by atoms with Crippen LogP contribution in [0.25, 0.3) is 0 Å². The van der Waals surface area contributed by atoms with Crippen molar-refractivity contribution < 1.29 is 28.4 Å². The fraction of sp³-hybridized carbons (Fsp3) is 0.844. The second kappa shape index (κ2) is 41.4. The zero-order chi connectivity index (χ0) is 39.6. The van der Waals surface area contributed by atoms with E-state index in [1.54, 1.807) is 6.08 Å². The Morgan fingerprint density at radius 3 is 1.43 bits per heavy atom. The van der Waals surface area contributed by atoms with E-state index in [1.165, 1.54) is 148 Å². The molecule has 0 aliphatic carbocycles. The molecule has 0 aliphatic rings. The summed E-state index contributed by atoms with van der Waals surface area (Å²) >= 11 is 0. The molecule has 8 nitrogen and oxygen atoms in total. The molecule has 0 saturated carbocycles. The summed E-state index contributed by atoms with van der Waals surface area (Å²) in [5.74, 6) is -0.206. The van der Waals surface area contributed by atoms with Crippen molar-refractivity contribution in [3.8, 4) is 0 Å². The molecule has 0 fully saturated rings. The Hall–Kier alpha value is -1.28. The third-order valence-corrected chi connectivity index (χ3v) is 10.9. The number of nitrogens with two attached hydrogens (primary N) is 1. The highest BCUT2D eigenvalue weighted by atomic mass is 31.2. The molecule has 0 radical (unpaired) electrons. The third-order valence-electron chi connectivity index (χ3n) is 9.95. The fourth-order valence-electron chi connectivity index (χ4n) is 6.52. The van der Waals surface area contributed by atoms with Crippen molar-refractivity contribution in [3.05, 3.63) is 36.5 Å². The molecule has 318 valence electrons. The summed E-state index contributed by atoms with van der Waals surface area (Å²) in [6, 6.07) is -0.880. The van der Waals surface area contributed by atoms with Crippen molar-refractivity contribution in [1.29, 1.82) is 0 Å². The highest BCUT2D eigenvalue weighted by molar-refractivity contribution is 7.47.